The summed E-state index contributed by atoms with van der Waals surface area (Å²) in [4.78, 5) is 44.5. The van der Waals surface area contributed by atoms with Gasteiger partial charge in [0.2, 0.25) is 0 Å². The number of aromatic nitrogens is 3. The van der Waals surface area contributed by atoms with Crippen molar-refractivity contribution in [3.63, 3.8) is 0 Å². The molecule has 0 aliphatic rings. The van der Waals surface area contributed by atoms with E-state index in [1.54, 1.807) is 0 Å². The van der Waals surface area contributed by atoms with E-state index in [1.807, 2.05) is 20.8 Å². The molecule has 0 unspecified atom stereocenters. The molecule has 0 bridgehead atoms. The van der Waals surface area contributed by atoms with Gasteiger partial charge >= 0.3 is 11.9 Å². The molecule has 0 aromatic carbocycles. The van der Waals surface area contributed by atoms with Crippen molar-refractivity contribution in [2.45, 2.75) is 52.8 Å². The van der Waals surface area contributed by atoms with Crippen molar-refractivity contribution >= 4 is 17.4 Å². The fraction of sp³-hybridized carbons (Fsp3) is 0.500. The smallest absolute Gasteiger partial charge is 0.383 e. The zero-order valence-electron chi connectivity index (χ0n) is 17.6. The standard InChI is InChI=1S/C20H26F3N5O3/c1-4-5-9-28-16(24)15(17(29)26-19(28)31)27(10-8-12(2)3)18(30)13-6-7-14(25-11-13)20(21,22)23/h6-7,11-12H,4-5,8-10,24H2,1-3H3,(H,26,29,31). The molecule has 3 N–H and O–H groups in total. The number of rotatable bonds is 8. The van der Waals surface area contributed by atoms with Gasteiger partial charge in [0.1, 0.15) is 11.5 Å². The maximum Gasteiger partial charge on any atom is 0.433 e. The molecule has 2 rings (SSSR count). The largest absolute Gasteiger partial charge is 0.433 e. The van der Waals surface area contributed by atoms with Gasteiger partial charge in [-0.2, -0.15) is 13.2 Å². The lowest BCUT2D eigenvalue weighted by Gasteiger charge is -2.25. The summed E-state index contributed by atoms with van der Waals surface area (Å²) in [5, 5.41) is 0. The number of carbonyl (C=O) groups is 1. The van der Waals surface area contributed by atoms with Crippen LogP contribution in [0.25, 0.3) is 0 Å². The SMILES string of the molecule is CCCCn1c(N)c(N(CCC(C)C)C(=O)c2ccc(C(F)(F)F)nc2)c(=O)[nH]c1=O. The first-order valence-corrected chi connectivity index (χ1v) is 9.95. The number of aromatic amines is 1. The number of hydrogen-bond acceptors (Lipinski definition) is 5. The van der Waals surface area contributed by atoms with Crippen molar-refractivity contribution < 1.29 is 18.0 Å². The Labute approximate surface area is 176 Å². The number of H-pyrrole nitrogens is 1. The highest BCUT2D eigenvalue weighted by molar-refractivity contribution is 6.07. The second kappa shape index (κ2) is 9.80. The zero-order chi connectivity index (χ0) is 23.3. The molecule has 2 heterocycles. The minimum atomic E-state index is -4.64. The van der Waals surface area contributed by atoms with E-state index in [2.05, 4.69) is 9.97 Å². The number of nitrogens with two attached hydrogens (primary N) is 1. The molecular weight excluding hydrogens is 415 g/mol. The van der Waals surface area contributed by atoms with Crippen molar-refractivity contribution in [2.75, 3.05) is 17.2 Å². The molecule has 8 nitrogen and oxygen atoms in total. The van der Waals surface area contributed by atoms with Gasteiger partial charge in [-0.3, -0.25) is 24.1 Å². The quantitative estimate of drug-likeness (QED) is 0.654. The van der Waals surface area contributed by atoms with Gasteiger partial charge in [0.15, 0.2) is 5.69 Å². The van der Waals surface area contributed by atoms with Gasteiger partial charge < -0.3 is 10.6 Å². The average Bonchev–Trinajstić information content (AvgIpc) is 2.69. The van der Waals surface area contributed by atoms with E-state index in [1.165, 1.54) is 4.57 Å². The topological polar surface area (TPSA) is 114 Å². The van der Waals surface area contributed by atoms with E-state index in [9.17, 15) is 27.6 Å². The fourth-order valence-electron chi connectivity index (χ4n) is 2.92. The van der Waals surface area contributed by atoms with Crippen LogP contribution in [0.1, 0.15) is 56.1 Å². The van der Waals surface area contributed by atoms with Crippen LogP contribution in [0, 0.1) is 5.92 Å². The van der Waals surface area contributed by atoms with Crippen molar-refractivity contribution in [3.05, 3.63) is 50.4 Å². The van der Waals surface area contributed by atoms with Crippen LogP contribution in [0.3, 0.4) is 0 Å². The number of hydrogen-bond donors (Lipinski definition) is 2. The lowest BCUT2D eigenvalue weighted by molar-refractivity contribution is -0.141. The predicted molar refractivity (Wildman–Crippen MR) is 111 cm³/mol. The summed E-state index contributed by atoms with van der Waals surface area (Å²) in [6.45, 7) is 6.08. The summed E-state index contributed by atoms with van der Waals surface area (Å²) >= 11 is 0. The molecule has 1 amide bonds. The molecule has 11 heteroatoms. The minimum Gasteiger partial charge on any atom is -0.383 e. The molecule has 0 radical (unpaired) electrons. The molecule has 170 valence electrons. The molecular formula is C20H26F3N5O3. The van der Waals surface area contributed by atoms with Gasteiger partial charge in [-0.05, 0) is 30.9 Å². The second-order valence-corrected chi connectivity index (χ2v) is 7.57. The number of anilines is 2. The Kier molecular flexibility index (Phi) is 7.64. The van der Waals surface area contributed by atoms with Crippen molar-refractivity contribution in [1.82, 2.24) is 14.5 Å². The van der Waals surface area contributed by atoms with Crippen molar-refractivity contribution in [3.8, 4) is 0 Å². The Morgan fingerprint density at radius 1 is 1.29 bits per heavy atom. The number of alkyl halides is 3. The molecule has 2 aromatic rings. The van der Waals surface area contributed by atoms with E-state index < -0.39 is 29.0 Å². The number of nitrogens with one attached hydrogen (secondary N) is 1. The Bertz CT molecular complexity index is 1030. The Balaban J connectivity index is 2.55. The monoisotopic (exact) mass is 441 g/mol. The number of pyridine rings is 1. The van der Waals surface area contributed by atoms with Gasteiger partial charge in [-0.1, -0.05) is 27.2 Å². The first kappa shape index (κ1) is 24.2. The third-order valence-electron chi connectivity index (χ3n) is 4.70. The summed E-state index contributed by atoms with van der Waals surface area (Å²) in [6, 6.07) is 1.70. The number of carbonyl (C=O) groups excluding carboxylic acids is 1. The van der Waals surface area contributed by atoms with E-state index >= 15 is 0 Å². The molecule has 0 aliphatic carbocycles. The molecule has 31 heavy (non-hydrogen) atoms. The molecule has 0 fully saturated rings. The predicted octanol–water partition coefficient (Wildman–Crippen LogP) is 3.03. The van der Waals surface area contributed by atoms with E-state index in [0.717, 1.165) is 23.6 Å². The summed E-state index contributed by atoms with van der Waals surface area (Å²) < 4.78 is 39.6. The number of halogens is 3. The third kappa shape index (κ3) is 5.74. The van der Waals surface area contributed by atoms with Crippen LogP contribution in [0.2, 0.25) is 0 Å². The minimum absolute atomic E-state index is 0.0801. The molecule has 0 aliphatic heterocycles. The van der Waals surface area contributed by atoms with Gasteiger partial charge in [-0.15, -0.1) is 0 Å². The van der Waals surface area contributed by atoms with E-state index in [-0.39, 0.29) is 36.1 Å². The van der Waals surface area contributed by atoms with Crippen molar-refractivity contribution in [1.29, 1.82) is 0 Å². The van der Waals surface area contributed by atoms with Gasteiger partial charge in [0, 0.05) is 19.3 Å². The van der Waals surface area contributed by atoms with E-state index in [0.29, 0.717) is 18.9 Å². The van der Waals surface area contributed by atoms with Crippen LogP contribution in [-0.4, -0.2) is 27.0 Å². The van der Waals surface area contributed by atoms with Gasteiger partial charge in [0.05, 0.1) is 5.56 Å². The van der Waals surface area contributed by atoms with Gasteiger partial charge in [0.25, 0.3) is 11.5 Å². The summed E-state index contributed by atoms with van der Waals surface area (Å²) in [6.07, 6.45) is -1.95. The van der Waals surface area contributed by atoms with E-state index in [4.69, 9.17) is 5.73 Å². The molecule has 0 saturated heterocycles. The maximum absolute atomic E-state index is 13.1. The highest BCUT2D eigenvalue weighted by atomic mass is 19.4. The zero-order valence-corrected chi connectivity index (χ0v) is 17.6. The number of nitrogens with zero attached hydrogens (tertiary/aromatic N) is 3. The molecule has 0 saturated carbocycles. The van der Waals surface area contributed by atoms with Crippen LogP contribution in [0.4, 0.5) is 24.7 Å². The lowest BCUT2D eigenvalue weighted by Crippen LogP contribution is -2.42. The number of unbranched alkanes of at least 4 members (excludes halogenated alkanes) is 1. The van der Waals surface area contributed by atoms with Crippen LogP contribution in [0.5, 0.6) is 0 Å². The second-order valence-electron chi connectivity index (χ2n) is 7.57. The van der Waals surface area contributed by atoms with Crippen LogP contribution in [0.15, 0.2) is 27.9 Å². The Morgan fingerprint density at radius 2 is 1.97 bits per heavy atom. The summed E-state index contributed by atoms with van der Waals surface area (Å²) in [7, 11) is 0. The lowest BCUT2D eigenvalue weighted by atomic mass is 10.1. The van der Waals surface area contributed by atoms with Crippen LogP contribution in [-0.2, 0) is 12.7 Å². The first-order chi connectivity index (χ1) is 14.5. The number of nitrogen functional groups attached to an aromatic ring is 1. The highest BCUT2D eigenvalue weighted by Crippen LogP contribution is 2.28. The molecule has 0 spiro atoms. The maximum atomic E-state index is 13.1. The van der Waals surface area contributed by atoms with Crippen LogP contribution >= 0.6 is 0 Å². The summed E-state index contributed by atoms with van der Waals surface area (Å²) in [5.41, 5.74) is 3.11. The summed E-state index contributed by atoms with van der Waals surface area (Å²) in [5.74, 6) is -0.744. The Morgan fingerprint density at radius 3 is 2.48 bits per heavy atom. The van der Waals surface area contributed by atoms with Gasteiger partial charge in [-0.25, -0.2) is 4.79 Å². The third-order valence-corrected chi connectivity index (χ3v) is 4.70. The highest BCUT2D eigenvalue weighted by Gasteiger charge is 2.33. The average molecular weight is 441 g/mol. The van der Waals surface area contributed by atoms with Crippen LogP contribution < -0.4 is 21.9 Å². The normalized spacial score (nSPS) is 11.7. The first-order valence-electron chi connectivity index (χ1n) is 9.95. The number of amides is 1. The molecule has 0 atom stereocenters. The Hall–Kier alpha value is -3.11. The fourth-order valence-corrected chi connectivity index (χ4v) is 2.92. The molecule has 2 aromatic heterocycles. The van der Waals surface area contributed by atoms with Crippen molar-refractivity contribution in [2.24, 2.45) is 5.92 Å².